The quantitative estimate of drug-likeness (QED) is 0.447. The molecule has 1 nitrogen and oxygen atoms in total. The van der Waals surface area contributed by atoms with E-state index in [0.717, 1.165) is 38.2 Å². The fourth-order valence-electron chi connectivity index (χ4n) is 0.0722. The molecule has 0 saturated heterocycles. The van der Waals surface area contributed by atoms with E-state index in [1.165, 1.54) is 0 Å². The molecule has 0 fully saturated rings. The largest absolute Gasteiger partial charge is 1.00 e. The van der Waals surface area contributed by atoms with Gasteiger partial charge in [-0.2, -0.15) is 0 Å². The van der Waals surface area contributed by atoms with Gasteiger partial charge in [0.2, 0.25) is 0 Å². The Morgan fingerprint density at radius 1 is 1.50 bits per heavy atom. The van der Waals surface area contributed by atoms with Gasteiger partial charge in [-0.1, -0.05) is 0 Å². The molecule has 0 heterocycles. The molecule has 0 aromatic heterocycles. The Kier molecular flexibility index (Phi) is 47.7. The summed E-state index contributed by atoms with van der Waals surface area (Å²) in [6, 6.07) is 0. The third-order valence-electron chi connectivity index (χ3n) is 0.246. The molecular weight excluding hydrogens is 250 g/mol. The van der Waals surface area contributed by atoms with E-state index in [4.69, 9.17) is 4.18 Å². The maximum Gasteiger partial charge on any atom is -1.00 e. The van der Waals surface area contributed by atoms with Gasteiger partial charge in [-0.3, -0.25) is 0 Å². The fraction of sp³-hybridized carbons (Fsp3) is 1.00. The Morgan fingerprint density at radius 2 is 2.00 bits per heavy atom. The van der Waals surface area contributed by atoms with Crippen LogP contribution in [0.4, 0.5) is 0 Å². The second-order valence-electron chi connectivity index (χ2n) is 0.702. The molecule has 0 aliphatic rings. The summed E-state index contributed by atoms with van der Waals surface area (Å²) in [5, 5.41) is 0. The van der Waals surface area contributed by atoms with E-state index in [-0.39, 0.29) is 37.2 Å². The standard InChI is InChI=1S/C3H7O.3ClH.Zr/c1-2-3-4;;;;/h2-3H2,1H3;3*1H;/q-1;;;;+4/p-3/i1T;;;;. The zero-order chi connectivity index (χ0) is 4.83. The molecule has 0 aliphatic heterocycles. The molecule has 0 amide bonds. The Hall–Kier alpha value is 1.71. The van der Waals surface area contributed by atoms with Crippen molar-refractivity contribution in [3.8, 4) is 0 Å². The van der Waals surface area contributed by atoms with Crippen LogP contribution < -0.4 is 37.2 Å². The topological polar surface area (TPSA) is 9.23 Å². The van der Waals surface area contributed by atoms with E-state index in [2.05, 4.69) is 0 Å². The van der Waals surface area contributed by atoms with Crippen LogP contribution in [-0.2, 0) is 28.0 Å². The van der Waals surface area contributed by atoms with Crippen molar-refractivity contribution < 1.29 is 66.6 Å². The van der Waals surface area contributed by atoms with E-state index in [9.17, 15) is 0 Å². The van der Waals surface area contributed by atoms with Gasteiger partial charge >= 0.3 is 49.3 Å². The molecule has 0 atom stereocenters. The van der Waals surface area contributed by atoms with Gasteiger partial charge in [0.25, 0.3) is 0 Å². The SMILES string of the molecule is [3H]CCC[O][Zr+3].[Cl-].[Cl-].[Cl-]. The predicted octanol–water partition coefficient (Wildman–Crippen LogP) is -8.11. The Labute approximate surface area is 86.0 Å². The molecule has 0 N–H and O–H groups in total. The Bertz CT molecular complexity index is 31.0. The number of hydrogen-bond donors (Lipinski definition) is 0. The van der Waals surface area contributed by atoms with Crippen LogP contribution in [-0.4, -0.2) is 6.61 Å². The summed E-state index contributed by atoms with van der Waals surface area (Å²) in [7, 11) is 0. The number of hydrogen-bond acceptors (Lipinski definition) is 1. The minimum atomic E-state index is 0. The molecule has 0 aromatic carbocycles. The first-order valence-corrected chi connectivity index (χ1v) is 2.50. The van der Waals surface area contributed by atoms with Crippen molar-refractivity contribution in [1.29, 1.82) is 0 Å². The van der Waals surface area contributed by atoms with Crippen LogP contribution in [0.2, 0.25) is 0 Å². The van der Waals surface area contributed by atoms with Crippen molar-refractivity contribution in [2.75, 3.05) is 6.61 Å². The van der Waals surface area contributed by atoms with Gasteiger partial charge < -0.3 is 37.2 Å². The average Bonchev–Trinajstić information content (AvgIpc) is 1.61. The fourth-order valence-corrected chi connectivity index (χ4v) is 0.427. The van der Waals surface area contributed by atoms with Crippen LogP contribution in [0.25, 0.3) is 0 Å². The first kappa shape index (κ1) is 16.4. The molecule has 0 unspecified atom stereocenters. The van der Waals surface area contributed by atoms with Gasteiger partial charge in [0, 0.05) is 0 Å². The monoisotopic (exact) mass is 256 g/mol. The zero-order valence-electron chi connectivity index (χ0n) is 5.16. The molecule has 8 heavy (non-hydrogen) atoms. The van der Waals surface area contributed by atoms with Gasteiger partial charge in [-0.15, -0.1) is 0 Å². The van der Waals surface area contributed by atoms with Crippen LogP contribution in [0.15, 0.2) is 0 Å². The predicted molar refractivity (Wildman–Crippen MR) is 16.2 cm³/mol. The summed E-state index contributed by atoms with van der Waals surface area (Å²) in [6.45, 7) is 1.26. The molecule has 0 saturated carbocycles. The third kappa shape index (κ3) is 25.2. The van der Waals surface area contributed by atoms with Crippen molar-refractivity contribution in [2.45, 2.75) is 13.3 Å². The molecule has 0 rings (SSSR count). The minimum absolute atomic E-state index is 0. The van der Waals surface area contributed by atoms with Crippen LogP contribution in [0.3, 0.4) is 0 Å². The van der Waals surface area contributed by atoms with Gasteiger partial charge in [0.05, 0.1) is 0 Å². The van der Waals surface area contributed by atoms with Gasteiger partial charge in [0.15, 0.2) is 0 Å². The van der Waals surface area contributed by atoms with Gasteiger partial charge in [0.1, 0.15) is 0 Å². The van der Waals surface area contributed by atoms with Crippen molar-refractivity contribution in [1.82, 2.24) is 0 Å². The van der Waals surface area contributed by atoms with E-state index in [1.807, 2.05) is 0 Å². The maximum atomic E-state index is 6.64. The summed E-state index contributed by atoms with van der Waals surface area (Å²) >= 11 is 1.11. The van der Waals surface area contributed by atoms with E-state index in [1.54, 1.807) is 0 Å². The number of halogens is 3. The molecule has 0 bridgehead atoms. The molecule has 0 aliphatic carbocycles. The van der Waals surface area contributed by atoms with Crippen molar-refractivity contribution >= 4 is 0 Å². The molecule has 5 heteroatoms. The van der Waals surface area contributed by atoms with Crippen LogP contribution in [0, 0.1) is 0 Å². The Balaban J connectivity index is -0.0000000417. The molecule has 0 aromatic rings. The van der Waals surface area contributed by atoms with Gasteiger partial charge in [-0.25, -0.2) is 0 Å². The Morgan fingerprint density at radius 3 is 2.12 bits per heavy atom. The maximum absolute atomic E-state index is 6.64. The molecular formula is C3H7Cl3OZr. The summed E-state index contributed by atoms with van der Waals surface area (Å²) in [6.07, 6.45) is 0.880. The van der Waals surface area contributed by atoms with E-state index in [0.29, 0.717) is 6.90 Å². The normalized spacial score (nSPS) is 7.00. The summed E-state index contributed by atoms with van der Waals surface area (Å²) in [4.78, 5) is 0. The van der Waals surface area contributed by atoms with Crippen LogP contribution in [0.5, 0.6) is 0 Å². The van der Waals surface area contributed by atoms with Gasteiger partial charge in [-0.05, 0) is 0 Å². The van der Waals surface area contributed by atoms with E-state index >= 15 is 0 Å². The van der Waals surface area contributed by atoms with Crippen molar-refractivity contribution in [3.63, 3.8) is 0 Å². The van der Waals surface area contributed by atoms with E-state index < -0.39 is 0 Å². The minimum Gasteiger partial charge on any atom is -1.00 e. The first-order chi connectivity index (χ1) is 2.91. The summed E-state index contributed by atoms with van der Waals surface area (Å²) < 4.78 is 11.4. The molecule has 50 valence electrons. The second kappa shape index (κ2) is 23.3. The number of rotatable bonds is 2. The summed E-state index contributed by atoms with van der Waals surface area (Å²) in [5.74, 6) is 0. The zero-order valence-corrected chi connectivity index (χ0v) is 8.89. The van der Waals surface area contributed by atoms with Crippen LogP contribution in [0.1, 0.15) is 14.7 Å². The second-order valence-corrected chi connectivity index (χ2v) is 1.41. The smallest absolute Gasteiger partial charge is 1.00 e. The van der Waals surface area contributed by atoms with Crippen LogP contribution >= 0.6 is 0 Å². The molecule has 0 radical (unpaired) electrons. The van der Waals surface area contributed by atoms with Crippen molar-refractivity contribution in [2.24, 2.45) is 0 Å². The first-order valence-electron chi connectivity index (χ1n) is 2.20. The molecule has 0 spiro atoms. The van der Waals surface area contributed by atoms with Crippen molar-refractivity contribution in [3.05, 3.63) is 0 Å². The average molecular weight is 259 g/mol. The third-order valence-corrected chi connectivity index (χ3v) is 0.748. The summed E-state index contributed by atoms with van der Waals surface area (Å²) in [5.41, 5.74) is 0.